The van der Waals surface area contributed by atoms with Crippen molar-refractivity contribution in [2.45, 2.75) is 83.4 Å². The normalized spacial score (nSPS) is 45.6. The minimum atomic E-state index is 0.127. The van der Waals surface area contributed by atoms with E-state index in [1.165, 1.54) is 38.5 Å². The number of allylic oxidation sites excluding steroid dienone is 3. The van der Waals surface area contributed by atoms with Gasteiger partial charge in [0.15, 0.2) is 0 Å². The van der Waals surface area contributed by atoms with Crippen LogP contribution in [0.3, 0.4) is 0 Å². The highest BCUT2D eigenvalue weighted by Crippen LogP contribution is 2.66. The Labute approximate surface area is 164 Å². The molecule has 2 fully saturated rings. The number of nitrogens with one attached hydrogen (secondary N) is 2. The highest BCUT2D eigenvalue weighted by molar-refractivity contribution is 7.98. The Balaban J connectivity index is 1.52. The molecule has 6 atom stereocenters. The summed E-state index contributed by atoms with van der Waals surface area (Å²) in [7, 11) is 0. The van der Waals surface area contributed by atoms with Gasteiger partial charge < -0.3 is 5.41 Å². The molecule has 3 heteroatoms. The van der Waals surface area contributed by atoms with Gasteiger partial charge in [-0.25, -0.2) is 0 Å². The quantitative estimate of drug-likeness (QED) is 0.458. The molecule has 0 aliphatic heterocycles. The fraction of sp³-hybridized carbons (Fsp3) is 0.783. The number of fused-ring (bicyclic) bond motifs is 3. The van der Waals surface area contributed by atoms with Crippen LogP contribution in [-0.2, 0) is 0 Å². The van der Waals surface area contributed by atoms with Crippen molar-refractivity contribution in [2.75, 3.05) is 0 Å². The molecule has 144 valence electrons. The first-order valence-corrected chi connectivity index (χ1v) is 11.8. The molecule has 4 rings (SSSR count). The van der Waals surface area contributed by atoms with E-state index >= 15 is 0 Å². The largest absolute Gasteiger partial charge is 0.309 e. The molecule has 26 heavy (non-hydrogen) atoms. The Morgan fingerprint density at radius 3 is 2.62 bits per heavy atom. The lowest BCUT2D eigenvalue weighted by atomic mass is 9.55. The summed E-state index contributed by atoms with van der Waals surface area (Å²) in [6, 6.07) is 0.701. The fourth-order valence-electron chi connectivity index (χ4n) is 6.46. The van der Waals surface area contributed by atoms with E-state index in [0.717, 1.165) is 18.6 Å². The van der Waals surface area contributed by atoms with Gasteiger partial charge in [0, 0.05) is 39.7 Å². The van der Waals surface area contributed by atoms with E-state index in [1.54, 1.807) is 0 Å². The number of hydrogen-bond acceptors (Lipinski definition) is 3. The molecule has 0 radical (unpaired) electrons. The standard InChI is InChI=1S/C23H36N2S/c1-4-23-13-10-16(2)14-20(23)21(24)19-15-18(11-12-22(19,23)3)26-25-17-8-6-5-7-9-17/h10-13,16-20,24-25H,4-9,14-15H2,1-3H3/t16?,18?,19?,20?,22-,23+/m1/s1. The van der Waals surface area contributed by atoms with E-state index in [-0.39, 0.29) is 10.8 Å². The lowest BCUT2D eigenvalue weighted by Crippen LogP contribution is -2.43. The highest BCUT2D eigenvalue weighted by Gasteiger charge is 2.63. The van der Waals surface area contributed by atoms with Crippen molar-refractivity contribution in [2.24, 2.45) is 28.6 Å². The van der Waals surface area contributed by atoms with E-state index < -0.39 is 0 Å². The molecule has 4 aliphatic rings. The smallest absolute Gasteiger partial charge is 0.0379 e. The van der Waals surface area contributed by atoms with Crippen LogP contribution in [0.2, 0.25) is 0 Å². The molecule has 0 bridgehead atoms. The zero-order chi connectivity index (χ0) is 18.4. The molecular formula is C23H36N2S. The molecule has 0 aromatic rings. The molecule has 0 amide bonds. The van der Waals surface area contributed by atoms with Crippen molar-refractivity contribution in [3.63, 3.8) is 0 Å². The van der Waals surface area contributed by atoms with E-state index in [2.05, 4.69) is 49.8 Å². The summed E-state index contributed by atoms with van der Waals surface area (Å²) < 4.78 is 3.77. The molecule has 0 spiro atoms. The maximum absolute atomic E-state index is 9.06. The zero-order valence-electron chi connectivity index (χ0n) is 16.8. The van der Waals surface area contributed by atoms with E-state index in [4.69, 9.17) is 5.41 Å². The van der Waals surface area contributed by atoms with Crippen LogP contribution in [0.4, 0.5) is 0 Å². The number of rotatable bonds is 4. The maximum atomic E-state index is 9.06. The van der Waals surface area contributed by atoms with Crippen LogP contribution in [-0.4, -0.2) is 17.0 Å². The summed E-state index contributed by atoms with van der Waals surface area (Å²) >= 11 is 1.94. The van der Waals surface area contributed by atoms with Crippen molar-refractivity contribution in [1.29, 1.82) is 5.41 Å². The Morgan fingerprint density at radius 2 is 1.88 bits per heavy atom. The first-order valence-electron chi connectivity index (χ1n) is 10.9. The van der Waals surface area contributed by atoms with Crippen LogP contribution >= 0.6 is 11.9 Å². The first kappa shape index (κ1) is 18.8. The zero-order valence-corrected chi connectivity index (χ0v) is 17.6. The molecular weight excluding hydrogens is 336 g/mol. The van der Waals surface area contributed by atoms with Crippen LogP contribution in [0, 0.1) is 34.0 Å². The van der Waals surface area contributed by atoms with Gasteiger partial charge >= 0.3 is 0 Å². The Hall–Kier alpha value is -0.540. The van der Waals surface area contributed by atoms with E-state index in [1.807, 2.05) is 11.9 Å². The summed E-state index contributed by atoms with van der Waals surface area (Å²) in [6.45, 7) is 7.10. The molecule has 4 aliphatic carbocycles. The summed E-state index contributed by atoms with van der Waals surface area (Å²) in [5, 5.41) is 9.58. The summed E-state index contributed by atoms with van der Waals surface area (Å²) in [4.78, 5) is 0. The monoisotopic (exact) mass is 372 g/mol. The van der Waals surface area contributed by atoms with Gasteiger partial charge in [-0.2, -0.15) is 0 Å². The highest BCUT2D eigenvalue weighted by atomic mass is 32.2. The first-order chi connectivity index (χ1) is 12.5. The summed E-state index contributed by atoms with van der Waals surface area (Å²) in [5.41, 5.74) is 1.35. The van der Waals surface area contributed by atoms with Crippen molar-refractivity contribution in [3.8, 4) is 0 Å². The Kier molecular flexibility index (Phi) is 5.16. The molecule has 0 aromatic carbocycles. The van der Waals surface area contributed by atoms with Gasteiger partial charge in [0.05, 0.1) is 0 Å². The average molecular weight is 373 g/mol. The fourth-order valence-corrected chi connectivity index (χ4v) is 7.51. The summed E-state index contributed by atoms with van der Waals surface area (Å²) in [6.07, 6.45) is 20.2. The lowest BCUT2D eigenvalue weighted by molar-refractivity contribution is 0.0929. The second-order valence-electron chi connectivity index (χ2n) is 9.51. The second-order valence-corrected chi connectivity index (χ2v) is 10.6. The third-order valence-corrected chi connectivity index (χ3v) is 9.25. The lowest BCUT2D eigenvalue weighted by Gasteiger charge is -2.48. The molecule has 0 aromatic heterocycles. The van der Waals surface area contributed by atoms with Gasteiger partial charge in [0.25, 0.3) is 0 Å². The molecule has 0 heterocycles. The third-order valence-electron chi connectivity index (χ3n) is 8.13. The van der Waals surface area contributed by atoms with Crippen molar-refractivity contribution < 1.29 is 0 Å². The minimum absolute atomic E-state index is 0.127. The average Bonchev–Trinajstić information content (AvgIpc) is 2.85. The molecule has 2 saturated carbocycles. The molecule has 0 saturated heterocycles. The maximum Gasteiger partial charge on any atom is 0.0379 e. The van der Waals surface area contributed by atoms with Gasteiger partial charge in [-0.1, -0.05) is 76.3 Å². The Morgan fingerprint density at radius 1 is 1.12 bits per heavy atom. The van der Waals surface area contributed by atoms with E-state index in [9.17, 15) is 0 Å². The molecule has 2 nitrogen and oxygen atoms in total. The van der Waals surface area contributed by atoms with Gasteiger partial charge in [0.2, 0.25) is 0 Å². The third kappa shape index (κ3) is 2.85. The van der Waals surface area contributed by atoms with Crippen molar-refractivity contribution in [3.05, 3.63) is 24.3 Å². The molecule has 4 unspecified atom stereocenters. The van der Waals surface area contributed by atoms with Crippen LogP contribution < -0.4 is 4.72 Å². The van der Waals surface area contributed by atoms with Gasteiger partial charge in [-0.05, 0) is 38.0 Å². The molecule has 2 N–H and O–H groups in total. The van der Waals surface area contributed by atoms with E-state index in [0.29, 0.717) is 29.0 Å². The number of hydrogen-bond donors (Lipinski definition) is 2. The SMILES string of the molecule is CC[C@]12C=CC(C)CC1C(=N)C1CC(SNC3CCCCC3)C=C[C@]12C. The van der Waals surface area contributed by atoms with Crippen LogP contribution in [0.15, 0.2) is 24.3 Å². The minimum Gasteiger partial charge on any atom is -0.309 e. The summed E-state index contributed by atoms with van der Waals surface area (Å²) in [5.74, 6) is 1.48. The predicted molar refractivity (Wildman–Crippen MR) is 114 cm³/mol. The van der Waals surface area contributed by atoms with Crippen molar-refractivity contribution >= 4 is 17.7 Å². The Bertz CT molecular complexity index is 605. The van der Waals surface area contributed by atoms with Crippen LogP contribution in [0.25, 0.3) is 0 Å². The van der Waals surface area contributed by atoms with Crippen LogP contribution in [0.5, 0.6) is 0 Å². The van der Waals surface area contributed by atoms with Crippen LogP contribution in [0.1, 0.15) is 72.1 Å². The van der Waals surface area contributed by atoms with Gasteiger partial charge in [-0.3, -0.25) is 4.72 Å². The predicted octanol–water partition coefficient (Wildman–Crippen LogP) is 6.15. The van der Waals surface area contributed by atoms with Gasteiger partial charge in [-0.15, -0.1) is 0 Å². The van der Waals surface area contributed by atoms with Gasteiger partial charge in [0.1, 0.15) is 0 Å². The second kappa shape index (κ2) is 7.13. The van der Waals surface area contributed by atoms with Crippen molar-refractivity contribution in [1.82, 2.24) is 4.72 Å². The topological polar surface area (TPSA) is 35.9 Å².